The third kappa shape index (κ3) is 6.40. The molecule has 112 valence electrons. The second-order valence-corrected chi connectivity index (χ2v) is 5.46. The minimum absolute atomic E-state index is 0.315. The Labute approximate surface area is 120 Å². The lowest BCUT2D eigenvalue weighted by molar-refractivity contribution is 0.202. The van der Waals surface area contributed by atoms with Crippen LogP contribution in [0.2, 0.25) is 0 Å². The molecule has 1 N–H and O–H groups in total. The lowest BCUT2D eigenvalue weighted by atomic mass is 9.91. The Kier molecular flexibility index (Phi) is 9.91. The van der Waals surface area contributed by atoms with Crippen LogP contribution in [0.25, 0.3) is 0 Å². The summed E-state index contributed by atoms with van der Waals surface area (Å²) in [6.45, 7) is 14.1. The van der Waals surface area contributed by atoms with Gasteiger partial charge in [0.15, 0.2) is 0 Å². The third-order valence-corrected chi connectivity index (χ3v) is 4.20. The van der Waals surface area contributed by atoms with Crippen molar-refractivity contribution in [1.82, 2.24) is 10.2 Å². The van der Waals surface area contributed by atoms with Crippen molar-refractivity contribution >= 4 is 0 Å². The first kappa shape index (κ1) is 18.4. The molecule has 3 heteroatoms. The zero-order valence-electron chi connectivity index (χ0n) is 13.6. The summed E-state index contributed by atoms with van der Waals surface area (Å²) in [6, 6.07) is 3.15. The first-order valence-corrected chi connectivity index (χ1v) is 7.99. The molecule has 0 aromatic carbocycles. The largest absolute Gasteiger partial charge is 0.301 e. The van der Waals surface area contributed by atoms with Crippen molar-refractivity contribution in [3.05, 3.63) is 0 Å². The lowest BCUT2D eigenvalue weighted by Crippen LogP contribution is -2.44. The molecule has 0 bridgehead atoms. The molecule has 2 atom stereocenters. The Morgan fingerprint density at radius 2 is 1.95 bits per heavy atom. The standard InChI is InChI=1S/C16H33N3/c1-6-12-18-16(8-3,14-17)11-10-13-19(9-4)15(5)7-2/h15,18H,6-13H2,1-5H3. The van der Waals surface area contributed by atoms with Crippen molar-refractivity contribution in [3.8, 4) is 6.07 Å². The Morgan fingerprint density at radius 3 is 2.37 bits per heavy atom. The smallest absolute Gasteiger partial charge is 0.106 e. The molecule has 0 aliphatic heterocycles. The van der Waals surface area contributed by atoms with E-state index in [1.165, 1.54) is 6.42 Å². The number of nitrogens with zero attached hydrogens (tertiary/aromatic N) is 2. The molecule has 0 radical (unpaired) electrons. The highest BCUT2D eigenvalue weighted by molar-refractivity contribution is 5.06. The first-order valence-electron chi connectivity index (χ1n) is 7.99. The van der Waals surface area contributed by atoms with Crippen LogP contribution in [0.3, 0.4) is 0 Å². The molecular formula is C16H33N3. The van der Waals surface area contributed by atoms with Crippen molar-refractivity contribution in [2.45, 2.75) is 78.3 Å². The van der Waals surface area contributed by atoms with Gasteiger partial charge in [-0.2, -0.15) is 5.26 Å². The molecule has 0 amide bonds. The Hall–Kier alpha value is -0.590. The first-order chi connectivity index (χ1) is 9.09. The number of hydrogen-bond acceptors (Lipinski definition) is 3. The molecule has 0 saturated heterocycles. The van der Waals surface area contributed by atoms with Crippen LogP contribution in [0.15, 0.2) is 0 Å². The van der Waals surface area contributed by atoms with Gasteiger partial charge in [0.05, 0.1) is 6.07 Å². The second kappa shape index (κ2) is 10.2. The predicted molar refractivity (Wildman–Crippen MR) is 83.2 cm³/mol. The fourth-order valence-corrected chi connectivity index (χ4v) is 2.46. The van der Waals surface area contributed by atoms with Gasteiger partial charge in [0.1, 0.15) is 5.54 Å². The summed E-state index contributed by atoms with van der Waals surface area (Å²) in [5.41, 5.74) is -0.315. The molecule has 0 aromatic rings. The van der Waals surface area contributed by atoms with Crippen LogP contribution in [0.4, 0.5) is 0 Å². The molecule has 0 saturated carbocycles. The molecule has 0 aliphatic carbocycles. The van der Waals surface area contributed by atoms with E-state index in [-0.39, 0.29) is 5.54 Å². The molecule has 3 nitrogen and oxygen atoms in total. The average Bonchev–Trinajstić information content (AvgIpc) is 2.46. The zero-order valence-corrected chi connectivity index (χ0v) is 13.6. The van der Waals surface area contributed by atoms with Crippen molar-refractivity contribution < 1.29 is 0 Å². The van der Waals surface area contributed by atoms with E-state index in [4.69, 9.17) is 0 Å². The number of rotatable bonds is 11. The molecule has 0 aromatic heterocycles. The van der Waals surface area contributed by atoms with E-state index in [0.717, 1.165) is 45.3 Å². The highest BCUT2D eigenvalue weighted by atomic mass is 15.1. The Bertz CT molecular complexity index is 259. The van der Waals surface area contributed by atoms with Crippen LogP contribution in [0.5, 0.6) is 0 Å². The normalized spacial score (nSPS) is 16.1. The summed E-state index contributed by atoms with van der Waals surface area (Å²) >= 11 is 0. The van der Waals surface area contributed by atoms with Crippen LogP contribution in [0, 0.1) is 11.3 Å². The number of nitrogens with one attached hydrogen (secondary N) is 1. The SMILES string of the molecule is CCCNC(C#N)(CC)CCCN(CC)C(C)CC. The van der Waals surface area contributed by atoms with Crippen LogP contribution >= 0.6 is 0 Å². The van der Waals surface area contributed by atoms with Gasteiger partial charge in [-0.25, -0.2) is 0 Å². The summed E-state index contributed by atoms with van der Waals surface area (Å²) in [5, 5.41) is 12.9. The van der Waals surface area contributed by atoms with Gasteiger partial charge in [-0.3, -0.25) is 5.32 Å². The van der Waals surface area contributed by atoms with Gasteiger partial charge in [-0.05, 0) is 58.7 Å². The van der Waals surface area contributed by atoms with Crippen molar-refractivity contribution in [2.75, 3.05) is 19.6 Å². The van der Waals surface area contributed by atoms with E-state index in [0.29, 0.717) is 6.04 Å². The predicted octanol–water partition coefficient (Wildman–Crippen LogP) is 3.56. The highest BCUT2D eigenvalue weighted by Gasteiger charge is 2.26. The number of nitriles is 1. The Balaban J connectivity index is 4.29. The van der Waals surface area contributed by atoms with E-state index < -0.39 is 0 Å². The molecule has 2 unspecified atom stereocenters. The van der Waals surface area contributed by atoms with E-state index >= 15 is 0 Å². The topological polar surface area (TPSA) is 39.1 Å². The van der Waals surface area contributed by atoms with Crippen LogP contribution in [-0.2, 0) is 0 Å². The van der Waals surface area contributed by atoms with Crippen LogP contribution in [0.1, 0.15) is 66.7 Å². The summed E-state index contributed by atoms with van der Waals surface area (Å²) in [5.74, 6) is 0. The van der Waals surface area contributed by atoms with Gasteiger partial charge in [-0.1, -0.05) is 27.7 Å². The van der Waals surface area contributed by atoms with Gasteiger partial charge < -0.3 is 4.90 Å². The molecule has 0 aliphatic rings. The van der Waals surface area contributed by atoms with Gasteiger partial charge in [0.25, 0.3) is 0 Å². The third-order valence-electron chi connectivity index (χ3n) is 4.20. The fourth-order valence-electron chi connectivity index (χ4n) is 2.46. The van der Waals surface area contributed by atoms with Crippen molar-refractivity contribution in [1.29, 1.82) is 5.26 Å². The molecule has 19 heavy (non-hydrogen) atoms. The Morgan fingerprint density at radius 1 is 1.26 bits per heavy atom. The van der Waals surface area contributed by atoms with E-state index in [2.05, 4.69) is 50.9 Å². The maximum absolute atomic E-state index is 9.45. The van der Waals surface area contributed by atoms with Crippen LogP contribution < -0.4 is 5.32 Å². The molecular weight excluding hydrogens is 234 g/mol. The molecule has 0 rings (SSSR count). The van der Waals surface area contributed by atoms with E-state index in [1.807, 2.05) is 0 Å². The van der Waals surface area contributed by atoms with Crippen LogP contribution in [-0.4, -0.2) is 36.1 Å². The quantitative estimate of drug-likeness (QED) is 0.622. The number of hydrogen-bond donors (Lipinski definition) is 1. The van der Waals surface area contributed by atoms with Gasteiger partial charge >= 0.3 is 0 Å². The summed E-state index contributed by atoms with van der Waals surface area (Å²) < 4.78 is 0. The zero-order chi connectivity index (χ0) is 14.7. The molecule has 0 fully saturated rings. The lowest BCUT2D eigenvalue weighted by Gasteiger charge is -2.30. The van der Waals surface area contributed by atoms with Gasteiger partial charge in [0, 0.05) is 6.04 Å². The highest BCUT2D eigenvalue weighted by Crippen LogP contribution is 2.18. The van der Waals surface area contributed by atoms with E-state index in [1.54, 1.807) is 0 Å². The summed E-state index contributed by atoms with van der Waals surface area (Å²) in [4.78, 5) is 2.51. The maximum Gasteiger partial charge on any atom is 0.106 e. The second-order valence-electron chi connectivity index (χ2n) is 5.46. The average molecular weight is 267 g/mol. The van der Waals surface area contributed by atoms with Crippen molar-refractivity contribution in [3.63, 3.8) is 0 Å². The summed E-state index contributed by atoms with van der Waals surface area (Å²) in [6.07, 6.45) is 5.21. The minimum atomic E-state index is -0.315. The van der Waals surface area contributed by atoms with E-state index in [9.17, 15) is 5.26 Å². The molecule has 0 spiro atoms. The molecule has 0 heterocycles. The van der Waals surface area contributed by atoms with Crippen molar-refractivity contribution in [2.24, 2.45) is 0 Å². The van der Waals surface area contributed by atoms with Gasteiger partial charge in [0.2, 0.25) is 0 Å². The maximum atomic E-state index is 9.45. The minimum Gasteiger partial charge on any atom is -0.301 e. The fraction of sp³-hybridized carbons (Fsp3) is 0.938. The summed E-state index contributed by atoms with van der Waals surface area (Å²) in [7, 11) is 0. The monoisotopic (exact) mass is 267 g/mol. The van der Waals surface area contributed by atoms with Gasteiger partial charge in [-0.15, -0.1) is 0 Å².